The lowest BCUT2D eigenvalue weighted by Gasteiger charge is -2.14. The number of fused-ring (bicyclic) bond motifs is 1. The zero-order valence-electron chi connectivity index (χ0n) is 12.7. The highest BCUT2D eigenvalue weighted by atomic mass is 16.5. The maximum absolute atomic E-state index is 5.93. The van der Waals surface area contributed by atoms with Crippen molar-refractivity contribution in [3.63, 3.8) is 0 Å². The molecule has 1 aromatic heterocycles. The van der Waals surface area contributed by atoms with Crippen LogP contribution in [0.5, 0.6) is 11.5 Å². The second-order valence-corrected chi connectivity index (χ2v) is 5.48. The Morgan fingerprint density at radius 2 is 2.29 bits per heavy atom. The highest BCUT2D eigenvalue weighted by Gasteiger charge is 2.22. The lowest BCUT2D eigenvalue weighted by molar-refractivity contribution is 0.254. The molecule has 2 N–H and O–H groups in total. The third kappa shape index (κ3) is 2.55. The number of benzene rings is 1. The topological polar surface area (TPSA) is 62.3 Å². The van der Waals surface area contributed by atoms with Gasteiger partial charge in [0.2, 0.25) is 5.95 Å². The summed E-state index contributed by atoms with van der Waals surface area (Å²) in [7, 11) is 0. The first-order valence-corrected chi connectivity index (χ1v) is 7.31. The summed E-state index contributed by atoms with van der Waals surface area (Å²) >= 11 is 0. The second kappa shape index (κ2) is 5.31. The third-order valence-corrected chi connectivity index (χ3v) is 3.79. The maximum atomic E-state index is 5.93. The summed E-state index contributed by atoms with van der Waals surface area (Å²) < 4.78 is 13.6. The molecule has 112 valence electrons. The Balaban J connectivity index is 1.99. The average Bonchev–Trinajstić information content (AvgIpc) is 2.95. The molecular weight excluding hydrogens is 266 g/mol. The van der Waals surface area contributed by atoms with Crippen molar-refractivity contribution in [3.8, 4) is 11.5 Å². The fourth-order valence-electron chi connectivity index (χ4n) is 2.75. The van der Waals surface area contributed by atoms with E-state index in [0.29, 0.717) is 19.1 Å². The number of anilines is 1. The number of hydrogen-bond acceptors (Lipinski definition) is 4. The monoisotopic (exact) mass is 287 g/mol. The van der Waals surface area contributed by atoms with Gasteiger partial charge in [-0.2, -0.15) is 0 Å². The van der Waals surface area contributed by atoms with Crippen molar-refractivity contribution in [2.45, 2.75) is 39.8 Å². The number of ether oxygens (including phenoxy) is 2. The van der Waals surface area contributed by atoms with E-state index in [1.807, 2.05) is 18.4 Å². The summed E-state index contributed by atoms with van der Waals surface area (Å²) in [6.07, 6.45) is 2.94. The SMILES string of the molecule is CCOc1cc2c(cc1Cn1c(C)cnc1N)OC(C)C2. The van der Waals surface area contributed by atoms with E-state index < -0.39 is 0 Å². The van der Waals surface area contributed by atoms with E-state index >= 15 is 0 Å². The number of rotatable bonds is 4. The summed E-state index contributed by atoms with van der Waals surface area (Å²) in [6.45, 7) is 7.35. The van der Waals surface area contributed by atoms with Crippen LogP contribution >= 0.6 is 0 Å². The quantitative estimate of drug-likeness (QED) is 0.938. The van der Waals surface area contributed by atoms with Crippen molar-refractivity contribution >= 4 is 5.95 Å². The fraction of sp³-hybridized carbons (Fsp3) is 0.438. The van der Waals surface area contributed by atoms with Gasteiger partial charge >= 0.3 is 0 Å². The Morgan fingerprint density at radius 1 is 1.48 bits per heavy atom. The van der Waals surface area contributed by atoms with Gasteiger partial charge in [-0.3, -0.25) is 0 Å². The molecular formula is C16H21N3O2. The van der Waals surface area contributed by atoms with Crippen LogP contribution in [0.4, 0.5) is 5.95 Å². The molecule has 0 radical (unpaired) electrons. The molecule has 0 bridgehead atoms. The molecule has 1 aliphatic rings. The van der Waals surface area contributed by atoms with Crippen LogP contribution in [-0.4, -0.2) is 22.3 Å². The molecule has 0 saturated heterocycles. The number of nitrogen functional groups attached to an aromatic ring is 1. The number of aromatic nitrogens is 2. The minimum Gasteiger partial charge on any atom is -0.494 e. The number of nitrogens with two attached hydrogens (primary N) is 1. The van der Waals surface area contributed by atoms with Crippen LogP contribution in [0.2, 0.25) is 0 Å². The first kappa shape index (κ1) is 13.8. The van der Waals surface area contributed by atoms with Crippen LogP contribution in [0.25, 0.3) is 0 Å². The molecule has 1 atom stereocenters. The van der Waals surface area contributed by atoms with Crippen molar-refractivity contribution in [3.05, 3.63) is 35.2 Å². The number of hydrogen-bond donors (Lipinski definition) is 1. The fourth-order valence-corrected chi connectivity index (χ4v) is 2.75. The van der Waals surface area contributed by atoms with E-state index in [1.165, 1.54) is 5.56 Å². The Morgan fingerprint density at radius 3 is 2.95 bits per heavy atom. The molecule has 5 nitrogen and oxygen atoms in total. The van der Waals surface area contributed by atoms with Crippen LogP contribution in [-0.2, 0) is 13.0 Å². The Hall–Kier alpha value is -2.17. The van der Waals surface area contributed by atoms with Crippen molar-refractivity contribution in [2.75, 3.05) is 12.3 Å². The maximum Gasteiger partial charge on any atom is 0.200 e. The largest absolute Gasteiger partial charge is 0.494 e. The molecule has 2 aromatic rings. The van der Waals surface area contributed by atoms with E-state index in [-0.39, 0.29) is 6.10 Å². The van der Waals surface area contributed by atoms with E-state index in [4.69, 9.17) is 15.2 Å². The Bertz CT molecular complexity index is 644. The van der Waals surface area contributed by atoms with Crippen LogP contribution in [0.3, 0.4) is 0 Å². The van der Waals surface area contributed by atoms with Gasteiger partial charge < -0.3 is 19.8 Å². The third-order valence-electron chi connectivity index (χ3n) is 3.79. The molecule has 21 heavy (non-hydrogen) atoms. The molecule has 3 rings (SSSR count). The van der Waals surface area contributed by atoms with Gasteiger partial charge in [-0.15, -0.1) is 0 Å². The summed E-state index contributed by atoms with van der Waals surface area (Å²) in [5, 5.41) is 0. The van der Waals surface area contributed by atoms with Crippen molar-refractivity contribution in [1.82, 2.24) is 9.55 Å². The minimum atomic E-state index is 0.227. The summed E-state index contributed by atoms with van der Waals surface area (Å²) in [4.78, 5) is 4.14. The summed E-state index contributed by atoms with van der Waals surface area (Å²) in [5.41, 5.74) is 9.24. The van der Waals surface area contributed by atoms with Gasteiger partial charge in [-0.25, -0.2) is 4.98 Å². The Labute approximate surface area is 124 Å². The molecule has 0 fully saturated rings. The Kier molecular flexibility index (Phi) is 3.49. The van der Waals surface area contributed by atoms with Gasteiger partial charge in [0.15, 0.2) is 0 Å². The predicted octanol–water partition coefficient (Wildman–Crippen LogP) is 2.54. The van der Waals surface area contributed by atoms with E-state index in [1.54, 1.807) is 6.20 Å². The lowest BCUT2D eigenvalue weighted by Crippen LogP contribution is -2.08. The van der Waals surface area contributed by atoms with E-state index in [0.717, 1.165) is 29.2 Å². The van der Waals surface area contributed by atoms with Crippen molar-refractivity contribution in [1.29, 1.82) is 0 Å². The molecule has 0 aliphatic carbocycles. The summed E-state index contributed by atoms with van der Waals surface area (Å²) in [6, 6.07) is 4.17. The number of nitrogens with zero attached hydrogens (tertiary/aromatic N) is 2. The molecule has 5 heteroatoms. The highest BCUT2D eigenvalue weighted by Crippen LogP contribution is 2.35. The van der Waals surface area contributed by atoms with Crippen molar-refractivity contribution < 1.29 is 9.47 Å². The van der Waals surface area contributed by atoms with E-state index in [9.17, 15) is 0 Å². The lowest BCUT2D eigenvalue weighted by atomic mass is 10.1. The van der Waals surface area contributed by atoms with Gasteiger partial charge in [0.05, 0.1) is 19.3 Å². The van der Waals surface area contributed by atoms with E-state index in [2.05, 4.69) is 24.0 Å². The first-order chi connectivity index (χ1) is 10.1. The first-order valence-electron chi connectivity index (χ1n) is 7.31. The molecule has 1 aliphatic heterocycles. The molecule has 0 spiro atoms. The highest BCUT2D eigenvalue weighted by molar-refractivity contribution is 5.49. The van der Waals surface area contributed by atoms with Gasteiger partial charge in [0, 0.05) is 23.2 Å². The van der Waals surface area contributed by atoms with Crippen LogP contribution in [0.15, 0.2) is 18.3 Å². The number of aryl methyl sites for hydroxylation is 1. The van der Waals surface area contributed by atoms with Gasteiger partial charge in [0.25, 0.3) is 0 Å². The molecule has 1 unspecified atom stereocenters. The van der Waals surface area contributed by atoms with Crippen LogP contribution in [0.1, 0.15) is 30.7 Å². The molecule has 0 saturated carbocycles. The van der Waals surface area contributed by atoms with Crippen LogP contribution < -0.4 is 15.2 Å². The summed E-state index contributed by atoms with van der Waals surface area (Å²) in [5.74, 6) is 2.38. The second-order valence-electron chi connectivity index (χ2n) is 5.48. The minimum absolute atomic E-state index is 0.227. The zero-order valence-corrected chi connectivity index (χ0v) is 12.7. The normalized spacial score (nSPS) is 16.6. The zero-order chi connectivity index (χ0) is 15.0. The van der Waals surface area contributed by atoms with Gasteiger partial charge in [-0.1, -0.05) is 0 Å². The standard InChI is InChI=1S/C16H21N3O2/c1-4-20-14-6-12-5-11(3)21-15(12)7-13(14)9-19-10(2)8-18-16(19)17/h6-8,11H,4-5,9H2,1-3H3,(H2,17,18). The van der Waals surface area contributed by atoms with Gasteiger partial charge in [0.1, 0.15) is 17.6 Å². The van der Waals surface area contributed by atoms with Crippen molar-refractivity contribution in [2.24, 2.45) is 0 Å². The molecule has 1 aromatic carbocycles. The number of imidazole rings is 1. The predicted molar refractivity (Wildman–Crippen MR) is 81.9 cm³/mol. The smallest absolute Gasteiger partial charge is 0.200 e. The molecule has 2 heterocycles. The average molecular weight is 287 g/mol. The van der Waals surface area contributed by atoms with Crippen LogP contribution in [0, 0.1) is 6.92 Å². The van der Waals surface area contributed by atoms with Gasteiger partial charge in [-0.05, 0) is 32.9 Å². The molecule has 0 amide bonds.